The van der Waals surface area contributed by atoms with Gasteiger partial charge in [0.15, 0.2) is 16.1 Å². The second-order valence-corrected chi connectivity index (χ2v) is 39.3. The van der Waals surface area contributed by atoms with Gasteiger partial charge in [-0.1, -0.05) is 419 Å². The Kier molecular flexibility index (Phi) is 18.1. The van der Waals surface area contributed by atoms with Crippen molar-refractivity contribution in [2.75, 3.05) is 4.90 Å². The molecule has 3 nitrogen and oxygen atoms in total. The van der Waals surface area contributed by atoms with Gasteiger partial charge in [0.2, 0.25) is 0 Å². The van der Waals surface area contributed by atoms with Crippen LogP contribution < -0.4 is 67.5 Å². The molecule has 0 saturated carbocycles. The number of ether oxygens (including phenoxy) is 1. The molecule has 0 radical (unpaired) electrons. The largest absolute Gasteiger partial charge is 0.458 e. The Morgan fingerprint density at radius 3 is 1.09 bits per heavy atom. The van der Waals surface area contributed by atoms with Gasteiger partial charge in [0.25, 0.3) is 6.71 Å². The SMILES string of the molecule is c1ccc(-c2cc(-c3ccccc3)cc(N3c4cc(-n5c6ccccc6c6ccccc65)ccc4B4c5cc(-c6ccccc6)ccc5Oc5cc(-c6cc([Si](c7ccccc7)(c7ccccc7)c7cccc(-c8ccccc8)c7)cc([Si](c7ccccc7)(c7ccccc7)c7ccc(-c8ccccc8)c(-c8ccccc8)c7)c6)cc3c54)c2)cc1. The molecular weight excluding hydrogens is 1480 g/mol. The summed E-state index contributed by atoms with van der Waals surface area (Å²) >= 11 is 0. The maximum atomic E-state index is 7.90. The third kappa shape index (κ3) is 12.3. The Morgan fingerprint density at radius 2 is 0.592 bits per heavy atom. The molecule has 1 aromatic heterocycles. The number of hydrogen-bond donors (Lipinski definition) is 0. The summed E-state index contributed by atoms with van der Waals surface area (Å²) in [7, 11) is -7.22. The quantitative estimate of drug-likeness (QED) is 0.0668. The van der Waals surface area contributed by atoms with E-state index < -0.39 is 16.1 Å². The molecule has 6 heteroatoms. The molecule has 0 atom stereocenters. The first-order valence-corrected chi connectivity index (χ1v) is 45.5. The molecule has 0 unspecified atom stereocenters. The van der Waals surface area contributed by atoms with Crippen molar-refractivity contribution >= 4 is 120 Å². The summed E-state index contributed by atoms with van der Waals surface area (Å²) in [6.45, 7) is -0.273. The highest BCUT2D eigenvalue weighted by atomic mass is 28.3. The fourth-order valence-corrected chi connectivity index (χ4v) is 29.5. The summed E-state index contributed by atoms with van der Waals surface area (Å²) in [5.41, 5.74) is 25.8. The van der Waals surface area contributed by atoms with E-state index in [0.29, 0.717) is 0 Å². The van der Waals surface area contributed by atoms with E-state index in [1.165, 1.54) is 85.5 Å². The fraction of sp³-hybridized carbons (Fsp3) is 0. The minimum Gasteiger partial charge on any atom is -0.458 e. The minimum atomic E-state index is -3.64. The van der Waals surface area contributed by atoms with E-state index in [-0.39, 0.29) is 6.71 Å². The van der Waals surface area contributed by atoms with Gasteiger partial charge in [-0.3, -0.25) is 0 Å². The number of anilines is 3. The summed E-state index contributed by atoms with van der Waals surface area (Å²) in [4.78, 5) is 2.61. The lowest BCUT2D eigenvalue weighted by Gasteiger charge is -2.41. The lowest BCUT2D eigenvalue weighted by molar-refractivity contribution is 0.488. The van der Waals surface area contributed by atoms with Crippen LogP contribution in [-0.2, 0) is 0 Å². The smallest absolute Gasteiger partial charge is 0.256 e. The van der Waals surface area contributed by atoms with Gasteiger partial charge in [-0.25, -0.2) is 0 Å². The van der Waals surface area contributed by atoms with Crippen molar-refractivity contribution in [2.24, 2.45) is 0 Å². The first-order chi connectivity index (χ1) is 59.5. The summed E-state index contributed by atoms with van der Waals surface area (Å²) < 4.78 is 10.4. The zero-order valence-corrected chi connectivity index (χ0v) is 68.0. The Morgan fingerprint density at radius 1 is 0.200 bits per heavy atom. The number of hydrogen-bond acceptors (Lipinski definition) is 2. The van der Waals surface area contributed by atoms with Crippen LogP contribution in [0.4, 0.5) is 17.1 Å². The molecule has 0 N–H and O–H groups in total. The van der Waals surface area contributed by atoms with Crippen LogP contribution in [0.3, 0.4) is 0 Å². The molecule has 20 aromatic rings. The molecule has 0 amide bonds. The first-order valence-electron chi connectivity index (χ1n) is 41.5. The van der Waals surface area contributed by atoms with Gasteiger partial charge in [-0.05, 0) is 196 Å². The van der Waals surface area contributed by atoms with Crippen molar-refractivity contribution in [2.45, 2.75) is 0 Å². The van der Waals surface area contributed by atoms with Crippen molar-refractivity contribution < 1.29 is 4.74 Å². The van der Waals surface area contributed by atoms with Crippen LogP contribution in [0.1, 0.15) is 0 Å². The second-order valence-electron chi connectivity index (χ2n) is 31.7. The summed E-state index contributed by atoms with van der Waals surface area (Å²) in [6.07, 6.45) is 0. The highest BCUT2D eigenvalue weighted by Crippen LogP contribution is 2.47. The molecule has 0 spiro atoms. The Labute approximate surface area is 703 Å². The van der Waals surface area contributed by atoms with Crippen molar-refractivity contribution in [1.82, 2.24) is 4.57 Å². The van der Waals surface area contributed by atoms with E-state index in [1.807, 2.05) is 0 Å². The van der Waals surface area contributed by atoms with E-state index in [9.17, 15) is 0 Å². The average molecular weight is 1560 g/mol. The molecule has 2 aliphatic heterocycles. The Balaban J connectivity index is 0.897. The van der Waals surface area contributed by atoms with Gasteiger partial charge >= 0.3 is 0 Å². The normalized spacial score (nSPS) is 12.2. The topological polar surface area (TPSA) is 17.4 Å². The number of para-hydroxylation sites is 2. The van der Waals surface area contributed by atoms with Crippen molar-refractivity contribution in [1.29, 1.82) is 0 Å². The van der Waals surface area contributed by atoms with E-state index in [0.717, 1.165) is 106 Å². The van der Waals surface area contributed by atoms with E-state index in [1.54, 1.807) is 0 Å². The van der Waals surface area contributed by atoms with Gasteiger partial charge in [0, 0.05) is 33.5 Å². The van der Waals surface area contributed by atoms with Gasteiger partial charge in [-0.2, -0.15) is 0 Å². The molecular formula is C114H79BN2OSi2. The highest BCUT2D eigenvalue weighted by Gasteiger charge is 2.48. The predicted octanol–water partition coefficient (Wildman–Crippen LogP) is 21.6. The zero-order valence-electron chi connectivity index (χ0n) is 66.0. The third-order valence-electron chi connectivity index (χ3n) is 25.1. The first kappa shape index (κ1) is 71.6. The van der Waals surface area contributed by atoms with E-state index >= 15 is 0 Å². The van der Waals surface area contributed by atoms with Crippen molar-refractivity contribution in [3.8, 4) is 95.1 Å². The van der Waals surface area contributed by atoms with Crippen LogP contribution in [0.15, 0.2) is 479 Å². The van der Waals surface area contributed by atoms with Gasteiger partial charge in [-0.15, -0.1) is 0 Å². The number of nitrogens with zero attached hydrogens (tertiary/aromatic N) is 2. The van der Waals surface area contributed by atoms with E-state index in [4.69, 9.17) is 4.74 Å². The van der Waals surface area contributed by atoms with Crippen molar-refractivity contribution in [3.05, 3.63) is 479 Å². The molecule has 22 rings (SSSR count). The highest BCUT2D eigenvalue weighted by molar-refractivity contribution is 7.22. The van der Waals surface area contributed by atoms with Gasteiger partial charge in [0.05, 0.1) is 11.0 Å². The molecule has 562 valence electrons. The number of rotatable bonds is 17. The third-order valence-corrected chi connectivity index (χ3v) is 34.5. The van der Waals surface area contributed by atoms with Crippen LogP contribution in [0.5, 0.6) is 11.5 Å². The second kappa shape index (κ2) is 30.3. The summed E-state index contributed by atoms with van der Waals surface area (Å²) in [5, 5.41) is 12.6. The van der Waals surface area contributed by atoms with Crippen LogP contribution in [-0.4, -0.2) is 27.4 Å². The lowest BCUT2D eigenvalue weighted by Crippen LogP contribution is -2.78. The van der Waals surface area contributed by atoms with Crippen molar-refractivity contribution in [3.63, 3.8) is 0 Å². The maximum Gasteiger partial charge on any atom is 0.256 e. The number of benzene rings is 19. The van der Waals surface area contributed by atoms with Crippen LogP contribution >= 0.6 is 0 Å². The Hall–Kier alpha value is -14.9. The minimum absolute atomic E-state index is 0.273. The molecule has 0 aliphatic carbocycles. The van der Waals surface area contributed by atoms with Crippen LogP contribution in [0, 0.1) is 0 Å². The van der Waals surface area contributed by atoms with Gasteiger partial charge in [0.1, 0.15) is 11.5 Å². The van der Waals surface area contributed by atoms with E-state index in [2.05, 4.69) is 489 Å². The monoisotopic (exact) mass is 1560 g/mol. The predicted molar refractivity (Wildman–Crippen MR) is 512 cm³/mol. The number of fused-ring (bicyclic) bond motifs is 7. The van der Waals surface area contributed by atoms with Crippen LogP contribution in [0.2, 0.25) is 0 Å². The molecule has 19 aromatic carbocycles. The molecule has 120 heavy (non-hydrogen) atoms. The molecule has 0 fully saturated rings. The van der Waals surface area contributed by atoms with Gasteiger partial charge < -0.3 is 14.2 Å². The lowest BCUT2D eigenvalue weighted by atomic mass is 9.34. The fourth-order valence-electron chi connectivity index (χ4n) is 19.7. The molecule has 0 bridgehead atoms. The molecule has 3 heterocycles. The standard InChI is InChI=1S/C114H79BN2OSi2/c1-11-36-80(37-12-1)86-48-35-57-98(71-86)119(94-49-23-7-24-50-94,95-51-25-8-26-52-95)100-72-90(73-101(78-100)120(96-53-27-9-28-54-96,97-55-29-10-30-56-97)99-64-65-102(84-44-19-5-20-45-84)105(79-99)85-46-21-6-22-47-85)91-75-111-114-113(76-91)118-112-67-62-87(81-38-13-2-14-39-81)74-107(112)115(114)106-66-63-92(116-108-60-33-31-58-103(108)104-59-32-34-61-109(104)116)77-110(106)117(111)93-69-88(82-40-15-3-16-41-82)68-89(70-93)83-42-17-4-18-43-83/h1-79H. The van der Waals surface area contributed by atoms with Crippen LogP contribution in [0.25, 0.3) is 105 Å². The molecule has 2 aliphatic rings. The zero-order chi connectivity index (χ0) is 79.5. The Bertz CT molecular complexity index is 7030. The molecule has 0 saturated heterocycles. The number of aromatic nitrogens is 1. The average Bonchev–Trinajstić information content (AvgIpc) is 0.686. The summed E-state index contributed by atoms with van der Waals surface area (Å²) in [5.74, 6) is 1.64. The summed E-state index contributed by atoms with van der Waals surface area (Å²) in [6, 6.07) is 181. The maximum absolute atomic E-state index is 7.90.